The summed E-state index contributed by atoms with van der Waals surface area (Å²) in [5.74, 6) is 1.09. The van der Waals surface area contributed by atoms with E-state index in [1.54, 1.807) is 12.1 Å². The molecule has 0 aliphatic carbocycles. The van der Waals surface area contributed by atoms with Crippen LogP contribution in [0.4, 0.5) is 11.6 Å². The maximum atomic E-state index is 8.84. The third kappa shape index (κ3) is 3.22. The lowest BCUT2D eigenvalue weighted by Crippen LogP contribution is -1.99. The van der Waals surface area contributed by atoms with E-state index < -0.39 is 0 Å². The van der Waals surface area contributed by atoms with Crippen LogP contribution in [0.15, 0.2) is 53.3 Å². The van der Waals surface area contributed by atoms with E-state index in [0.717, 1.165) is 5.03 Å². The molecule has 0 aromatic carbocycles. The van der Waals surface area contributed by atoms with Gasteiger partial charge in [-0.1, -0.05) is 0 Å². The largest absolute Gasteiger partial charge is 0.323 e. The highest BCUT2D eigenvalue weighted by atomic mass is 32.2. The summed E-state index contributed by atoms with van der Waals surface area (Å²) in [5.41, 5.74) is 1.80. The number of aromatic nitrogens is 7. The number of nitrogens with zero attached hydrogens (tertiary/aromatic N) is 7. The number of rotatable bonds is 4. The van der Waals surface area contributed by atoms with E-state index in [2.05, 4.69) is 40.4 Å². The average molecular weight is 347 g/mol. The fourth-order valence-electron chi connectivity index (χ4n) is 2.07. The second-order valence-electron chi connectivity index (χ2n) is 4.80. The highest BCUT2D eigenvalue weighted by Gasteiger charge is 2.09. The van der Waals surface area contributed by atoms with Gasteiger partial charge in [0.2, 0.25) is 0 Å². The van der Waals surface area contributed by atoms with Gasteiger partial charge in [-0.05, 0) is 36.0 Å². The SMILES string of the molecule is N#Cc1ccc(Nc2ncnc3ccc(Sc4ncn[nH]4)nc23)nc1. The lowest BCUT2D eigenvalue weighted by atomic mass is 10.3. The second kappa shape index (κ2) is 6.50. The molecule has 4 aromatic heterocycles. The summed E-state index contributed by atoms with van der Waals surface area (Å²) in [6, 6.07) is 9.13. The Morgan fingerprint density at radius 3 is 2.76 bits per heavy atom. The van der Waals surface area contributed by atoms with E-state index in [1.807, 2.05) is 18.2 Å². The Balaban J connectivity index is 1.68. The third-order valence-electron chi connectivity index (χ3n) is 3.19. The maximum Gasteiger partial charge on any atom is 0.189 e. The highest BCUT2D eigenvalue weighted by Crippen LogP contribution is 2.26. The fourth-order valence-corrected chi connectivity index (χ4v) is 2.74. The van der Waals surface area contributed by atoms with Crippen molar-refractivity contribution in [3.8, 4) is 6.07 Å². The predicted octanol–water partition coefficient (Wildman–Crippen LogP) is 2.30. The Bertz CT molecular complexity index is 1050. The smallest absolute Gasteiger partial charge is 0.189 e. The number of pyridine rings is 2. The summed E-state index contributed by atoms with van der Waals surface area (Å²) in [6.07, 6.45) is 4.39. The van der Waals surface area contributed by atoms with Gasteiger partial charge < -0.3 is 5.32 Å². The first-order chi connectivity index (χ1) is 12.3. The number of hydrogen-bond acceptors (Lipinski definition) is 9. The van der Waals surface area contributed by atoms with Gasteiger partial charge in [-0.15, -0.1) is 0 Å². The molecule has 4 aromatic rings. The zero-order valence-electron chi connectivity index (χ0n) is 12.6. The Hall–Kier alpha value is -3.58. The van der Waals surface area contributed by atoms with Crippen LogP contribution in [0.5, 0.6) is 0 Å². The molecule has 25 heavy (non-hydrogen) atoms. The van der Waals surface area contributed by atoms with Crippen LogP contribution >= 0.6 is 11.8 Å². The summed E-state index contributed by atoms with van der Waals surface area (Å²) in [6.45, 7) is 0. The van der Waals surface area contributed by atoms with Gasteiger partial charge in [-0.2, -0.15) is 10.4 Å². The molecule has 0 fully saturated rings. The van der Waals surface area contributed by atoms with Crippen molar-refractivity contribution in [3.05, 3.63) is 48.7 Å². The standard InChI is InChI=1S/C15H9N9S/c16-5-9-1-3-11(17-6-9)22-14-13-10(18-7-19-14)2-4-12(23-13)25-15-20-8-21-24-15/h1-4,6-8H,(H,20,21,24)(H,17,18,19,22). The van der Waals surface area contributed by atoms with Crippen molar-refractivity contribution in [1.29, 1.82) is 5.26 Å². The van der Waals surface area contributed by atoms with Gasteiger partial charge in [0.25, 0.3) is 0 Å². The van der Waals surface area contributed by atoms with Crippen molar-refractivity contribution in [2.75, 3.05) is 5.32 Å². The quantitative estimate of drug-likeness (QED) is 0.571. The third-order valence-corrected chi connectivity index (χ3v) is 4.02. The number of anilines is 2. The van der Waals surface area contributed by atoms with E-state index in [-0.39, 0.29) is 0 Å². The molecule has 0 saturated heterocycles. The molecule has 2 N–H and O–H groups in total. The molecule has 0 amide bonds. The molecule has 0 aliphatic rings. The van der Waals surface area contributed by atoms with Gasteiger partial charge in [0, 0.05) is 6.20 Å². The van der Waals surface area contributed by atoms with Crippen LogP contribution in [0.1, 0.15) is 5.56 Å². The molecule has 4 rings (SSSR count). The average Bonchev–Trinajstić information content (AvgIpc) is 3.16. The summed E-state index contributed by atoms with van der Waals surface area (Å²) in [7, 11) is 0. The molecule has 0 atom stereocenters. The normalized spacial score (nSPS) is 10.5. The first-order valence-electron chi connectivity index (χ1n) is 7.10. The van der Waals surface area contributed by atoms with E-state index in [1.165, 1.54) is 30.6 Å². The van der Waals surface area contributed by atoms with E-state index in [4.69, 9.17) is 5.26 Å². The molecule has 9 nitrogen and oxygen atoms in total. The molecule has 0 aliphatic heterocycles. The minimum atomic E-state index is 0.488. The molecule has 10 heteroatoms. The fraction of sp³-hybridized carbons (Fsp3) is 0. The molecule has 0 unspecified atom stereocenters. The van der Waals surface area contributed by atoms with Gasteiger partial charge in [0.1, 0.15) is 35.1 Å². The van der Waals surface area contributed by atoms with Gasteiger partial charge in [-0.3, -0.25) is 5.10 Å². The van der Waals surface area contributed by atoms with Crippen molar-refractivity contribution in [2.24, 2.45) is 0 Å². The molecule has 0 saturated carbocycles. The van der Waals surface area contributed by atoms with Crippen LogP contribution < -0.4 is 5.32 Å². The maximum absolute atomic E-state index is 8.84. The molecular weight excluding hydrogens is 338 g/mol. The van der Waals surface area contributed by atoms with E-state index in [9.17, 15) is 0 Å². The van der Waals surface area contributed by atoms with Crippen molar-refractivity contribution >= 4 is 34.4 Å². The van der Waals surface area contributed by atoms with Gasteiger partial charge in [0.15, 0.2) is 11.0 Å². The molecule has 0 radical (unpaired) electrons. The Labute approximate surface area is 145 Å². The molecule has 4 heterocycles. The lowest BCUT2D eigenvalue weighted by molar-refractivity contribution is 0.968. The number of aromatic amines is 1. The van der Waals surface area contributed by atoms with Crippen molar-refractivity contribution in [3.63, 3.8) is 0 Å². The Morgan fingerprint density at radius 1 is 1.04 bits per heavy atom. The zero-order valence-corrected chi connectivity index (χ0v) is 13.4. The zero-order chi connectivity index (χ0) is 17.1. The van der Waals surface area contributed by atoms with E-state index in [0.29, 0.717) is 33.4 Å². The lowest BCUT2D eigenvalue weighted by Gasteiger charge is -2.07. The number of H-pyrrole nitrogens is 1. The summed E-state index contributed by atoms with van der Waals surface area (Å²) < 4.78 is 0. The van der Waals surface area contributed by atoms with Crippen LogP contribution in [-0.4, -0.2) is 35.1 Å². The van der Waals surface area contributed by atoms with Crippen LogP contribution in [0, 0.1) is 11.3 Å². The molecule has 0 spiro atoms. The van der Waals surface area contributed by atoms with Gasteiger partial charge >= 0.3 is 0 Å². The highest BCUT2D eigenvalue weighted by molar-refractivity contribution is 7.99. The first kappa shape index (κ1) is 15.0. The number of hydrogen-bond donors (Lipinski definition) is 2. The predicted molar refractivity (Wildman–Crippen MR) is 90.1 cm³/mol. The van der Waals surface area contributed by atoms with E-state index >= 15 is 0 Å². The van der Waals surface area contributed by atoms with Crippen LogP contribution in [-0.2, 0) is 0 Å². The summed E-state index contributed by atoms with van der Waals surface area (Å²) in [4.78, 5) is 21.3. The number of fused-ring (bicyclic) bond motifs is 1. The number of nitrogens with one attached hydrogen (secondary N) is 2. The molecule has 0 bridgehead atoms. The molecule has 120 valence electrons. The Morgan fingerprint density at radius 2 is 2.00 bits per heavy atom. The minimum Gasteiger partial charge on any atom is -0.323 e. The topological polar surface area (TPSA) is 129 Å². The number of nitriles is 1. The van der Waals surface area contributed by atoms with Crippen molar-refractivity contribution < 1.29 is 0 Å². The van der Waals surface area contributed by atoms with Gasteiger partial charge in [0.05, 0.1) is 11.1 Å². The molecular formula is C15H9N9S. The van der Waals surface area contributed by atoms with Crippen LogP contribution in [0.3, 0.4) is 0 Å². The second-order valence-corrected chi connectivity index (χ2v) is 5.81. The van der Waals surface area contributed by atoms with Crippen LogP contribution in [0.25, 0.3) is 11.0 Å². The van der Waals surface area contributed by atoms with Gasteiger partial charge in [-0.25, -0.2) is 24.9 Å². The van der Waals surface area contributed by atoms with Crippen LogP contribution in [0.2, 0.25) is 0 Å². The van der Waals surface area contributed by atoms with Crippen molar-refractivity contribution in [1.82, 2.24) is 35.1 Å². The van der Waals surface area contributed by atoms with Crippen molar-refractivity contribution in [2.45, 2.75) is 10.2 Å². The minimum absolute atomic E-state index is 0.488. The Kier molecular flexibility index (Phi) is 3.89. The first-order valence-corrected chi connectivity index (χ1v) is 7.91. The summed E-state index contributed by atoms with van der Waals surface area (Å²) >= 11 is 1.35. The monoisotopic (exact) mass is 347 g/mol. The summed E-state index contributed by atoms with van der Waals surface area (Å²) in [5, 5.41) is 19.9.